The number of aromatic nitrogens is 3. The molecule has 3 aromatic rings. The van der Waals surface area contributed by atoms with Crippen molar-refractivity contribution in [1.82, 2.24) is 14.5 Å². The summed E-state index contributed by atoms with van der Waals surface area (Å²) in [6.45, 7) is 6.20. The molecule has 0 saturated carbocycles. The molecule has 2 N–H and O–H groups in total. The van der Waals surface area contributed by atoms with Gasteiger partial charge in [-0.2, -0.15) is 0 Å². The van der Waals surface area contributed by atoms with Crippen molar-refractivity contribution >= 4 is 32.8 Å². The van der Waals surface area contributed by atoms with Crippen LogP contribution >= 0.6 is 15.9 Å². The molecule has 2 aromatic heterocycles. The topological polar surface area (TPSA) is 56.7 Å². The first-order chi connectivity index (χ1) is 9.52. The average Bonchev–Trinajstić information content (AvgIpc) is 2.67. The predicted octanol–water partition coefficient (Wildman–Crippen LogP) is 3.69. The number of hydrogen-bond acceptors (Lipinski definition) is 3. The van der Waals surface area contributed by atoms with Gasteiger partial charge in [-0.25, -0.2) is 9.97 Å². The second-order valence-corrected chi connectivity index (χ2v) is 5.70. The number of rotatable bonds is 1. The van der Waals surface area contributed by atoms with Gasteiger partial charge in [0.25, 0.3) is 0 Å². The summed E-state index contributed by atoms with van der Waals surface area (Å²) in [6.07, 6.45) is 1.51. The molecular weight excluding hydrogens is 316 g/mol. The highest BCUT2D eigenvalue weighted by Gasteiger charge is 2.17. The molecule has 0 unspecified atom stereocenters. The molecule has 4 nitrogen and oxygen atoms in total. The van der Waals surface area contributed by atoms with Crippen molar-refractivity contribution in [3.63, 3.8) is 0 Å². The molecule has 0 saturated heterocycles. The third-order valence-corrected chi connectivity index (χ3v) is 4.77. The summed E-state index contributed by atoms with van der Waals surface area (Å²) in [5.41, 5.74) is 11.3. The van der Waals surface area contributed by atoms with Crippen LogP contribution < -0.4 is 5.73 Å². The summed E-state index contributed by atoms with van der Waals surface area (Å²) in [6, 6.07) is 6.19. The number of benzene rings is 1. The highest BCUT2D eigenvalue weighted by atomic mass is 79.9. The minimum atomic E-state index is 0.526. The van der Waals surface area contributed by atoms with Crippen LogP contribution in [0, 0.1) is 20.8 Å². The second-order valence-electron chi connectivity index (χ2n) is 4.91. The standard InChI is InChI=1S/C15H15BrN4/c1-8-5-4-6-11(13(8)16)20-10(3)9(2)12-14(17)18-7-19-15(12)20/h4-7H,1-3H3,(H2,17,18,19). The Morgan fingerprint density at radius 2 is 1.90 bits per heavy atom. The Bertz CT molecular complexity index is 820. The van der Waals surface area contributed by atoms with Crippen molar-refractivity contribution in [1.29, 1.82) is 0 Å². The summed E-state index contributed by atoms with van der Waals surface area (Å²) in [5, 5.41) is 0.929. The van der Waals surface area contributed by atoms with Gasteiger partial charge in [0.2, 0.25) is 0 Å². The zero-order valence-corrected chi connectivity index (χ0v) is 13.2. The van der Waals surface area contributed by atoms with E-state index in [4.69, 9.17) is 5.73 Å². The molecule has 1 aromatic carbocycles. The maximum Gasteiger partial charge on any atom is 0.150 e. The van der Waals surface area contributed by atoms with Crippen LogP contribution in [0.2, 0.25) is 0 Å². The maximum atomic E-state index is 6.01. The number of nitrogen functional groups attached to an aromatic ring is 1. The number of halogens is 1. The van der Waals surface area contributed by atoms with Gasteiger partial charge in [-0.05, 0) is 53.9 Å². The van der Waals surface area contributed by atoms with E-state index >= 15 is 0 Å². The normalized spacial score (nSPS) is 11.2. The van der Waals surface area contributed by atoms with Crippen LogP contribution in [0.4, 0.5) is 5.82 Å². The molecular formula is C15H15BrN4. The van der Waals surface area contributed by atoms with Crippen LogP contribution in [0.25, 0.3) is 16.7 Å². The first-order valence-corrected chi connectivity index (χ1v) is 7.15. The molecule has 0 radical (unpaired) electrons. The second kappa shape index (κ2) is 4.59. The van der Waals surface area contributed by atoms with E-state index in [0.717, 1.165) is 32.5 Å². The number of nitrogens with zero attached hydrogens (tertiary/aromatic N) is 3. The fourth-order valence-electron chi connectivity index (χ4n) is 2.53. The van der Waals surface area contributed by atoms with Gasteiger partial charge in [-0.3, -0.25) is 4.57 Å². The van der Waals surface area contributed by atoms with Crippen LogP contribution in [0.1, 0.15) is 16.8 Å². The fourth-order valence-corrected chi connectivity index (χ4v) is 2.97. The van der Waals surface area contributed by atoms with E-state index in [1.54, 1.807) is 0 Å². The third kappa shape index (κ3) is 1.73. The van der Waals surface area contributed by atoms with Gasteiger partial charge in [-0.15, -0.1) is 0 Å². The molecule has 0 spiro atoms. The van der Waals surface area contributed by atoms with Crippen LogP contribution in [-0.2, 0) is 0 Å². The number of fused-ring (bicyclic) bond motifs is 1. The van der Waals surface area contributed by atoms with Crippen LogP contribution in [-0.4, -0.2) is 14.5 Å². The van der Waals surface area contributed by atoms with E-state index < -0.39 is 0 Å². The van der Waals surface area contributed by atoms with E-state index in [2.05, 4.69) is 63.4 Å². The quantitative estimate of drug-likeness (QED) is 0.740. The number of nitrogens with two attached hydrogens (primary N) is 1. The molecule has 5 heteroatoms. The lowest BCUT2D eigenvalue weighted by Gasteiger charge is -2.11. The number of anilines is 1. The molecule has 0 bridgehead atoms. The molecule has 102 valence electrons. The van der Waals surface area contributed by atoms with Gasteiger partial charge in [0.05, 0.1) is 11.1 Å². The average molecular weight is 331 g/mol. The molecule has 0 aliphatic heterocycles. The minimum Gasteiger partial charge on any atom is -0.383 e. The molecule has 20 heavy (non-hydrogen) atoms. The van der Waals surface area contributed by atoms with Gasteiger partial charge < -0.3 is 5.73 Å². The van der Waals surface area contributed by atoms with E-state index in [9.17, 15) is 0 Å². The maximum absolute atomic E-state index is 6.01. The van der Waals surface area contributed by atoms with E-state index in [1.807, 2.05) is 6.07 Å². The number of aryl methyl sites for hydroxylation is 2. The molecule has 3 rings (SSSR count). The summed E-state index contributed by atoms with van der Waals surface area (Å²) in [7, 11) is 0. The zero-order chi connectivity index (χ0) is 14.4. The lowest BCUT2D eigenvalue weighted by atomic mass is 10.2. The SMILES string of the molecule is Cc1cccc(-n2c(C)c(C)c3c(N)ncnc32)c1Br. The Labute approximate surface area is 125 Å². The van der Waals surface area contributed by atoms with Gasteiger partial charge >= 0.3 is 0 Å². The van der Waals surface area contributed by atoms with Crippen LogP contribution in [0.5, 0.6) is 0 Å². The third-order valence-electron chi connectivity index (χ3n) is 3.73. The van der Waals surface area contributed by atoms with Gasteiger partial charge in [0.15, 0.2) is 5.65 Å². The minimum absolute atomic E-state index is 0.526. The Balaban J connectivity index is 2.46. The fraction of sp³-hybridized carbons (Fsp3) is 0.200. The van der Waals surface area contributed by atoms with E-state index in [-0.39, 0.29) is 0 Å². The summed E-state index contributed by atoms with van der Waals surface area (Å²) in [5.74, 6) is 0.526. The van der Waals surface area contributed by atoms with Crippen molar-refractivity contribution in [2.45, 2.75) is 20.8 Å². The van der Waals surface area contributed by atoms with Gasteiger partial charge in [0, 0.05) is 10.2 Å². The van der Waals surface area contributed by atoms with Gasteiger partial charge in [0.1, 0.15) is 12.1 Å². The molecule has 0 fully saturated rings. The Hall–Kier alpha value is -1.88. The highest BCUT2D eigenvalue weighted by Crippen LogP contribution is 2.33. The molecule has 0 aliphatic carbocycles. The first kappa shape index (κ1) is 13.1. The van der Waals surface area contributed by atoms with Crippen molar-refractivity contribution in [3.05, 3.63) is 45.8 Å². The Morgan fingerprint density at radius 1 is 1.15 bits per heavy atom. The summed E-state index contributed by atoms with van der Waals surface area (Å²) < 4.78 is 3.19. The smallest absolute Gasteiger partial charge is 0.150 e. The van der Waals surface area contributed by atoms with Crippen molar-refractivity contribution in [3.8, 4) is 5.69 Å². The van der Waals surface area contributed by atoms with Crippen LogP contribution in [0.15, 0.2) is 29.0 Å². The zero-order valence-electron chi connectivity index (χ0n) is 11.6. The largest absolute Gasteiger partial charge is 0.383 e. The van der Waals surface area contributed by atoms with Gasteiger partial charge in [-0.1, -0.05) is 12.1 Å². The highest BCUT2D eigenvalue weighted by molar-refractivity contribution is 9.10. The monoisotopic (exact) mass is 330 g/mol. The first-order valence-electron chi connectivity index (χ1n) is 6.36. The Kier molecular flexibility index (Phi) is 3.01. The van der Waals surface area contributed by atoms with E-state index in [0.29, 0.717) is 5.82 Å². The van der Waals surface area contributed by atoms with E-state index in [1.165, 1.54) is 11.9 Å². The summed E-state index contributed by atoms with van der Waals surface area (Å²) >= 11 is 3.67. The molecule has 0 atom stereocenters. The van der Waals surface area contributed by atoms with Crippen LogP contribution in [0.3, 0.4) is 0 Å². The van der Waals surface area contributed by atoms with Crippen molar-refractivity contribution in [2.75, 3.05) is 5.73 Å². The number of hydrogen-bond donors (Lipinski definition) is 1. The van der Waals surface area contributed by atoms with Crippen molar-refractivity contribution in [2.24, 2.45) is 0 Å². The van der Waals surface area contributed by atoms with Crippen molar-refractivity contribution < 1.29 is 0 Å². The summed E-state index contributed by atoms with van der Waals surface area (Å²) in [4.78, 5) is 8.52. The Morgan fingerprint density at radius 3 is 2.65 bits per heavy atom. The lowest BCUT2D eigenvalue weighted by Crippen LogP contribution is -2.01. The molecule has 2 heterocycles. The molecule has 0 amide bonds. The predicted molar refractivity (Wildman–Crippen MR) is 85.2 cm³/mol. The molecule has 0 aliphatic rings. The lowest BCUT2D eigenvalue weighted by molar-refractivity contribution is 1.00.